The molecule has 0 saturated heterocycles. The Bertz CT molecular complexity index is 4270. The third-order valence-electron chi connectivity index (χ3n) is 41.1. The standard InChI is InChI=1S/C15H22O2.2C15H24O2.C14H20O2.2C14H22O2.C12H18O2.C11H16O2/c1-9(2)14(16)17-15(3)8-10-7-13(15)12-6-4-5-11(10)12;1-10(2)12(16)17-15(6)9-11-7-8-14(15,5)13(11,3)4;1-10(2)12(16)17-15(6)13(3,4)11-7-8-14(15,5)9-11;1-3-13(15)16-14(2)8-9-7-12(14)11-6-4-5-10(9)11;1-6-11(15)16-14(5)9-10-7-8-13(14,4)12(10,2)3;1-6-11(15)16-14(5)12(2,3)10-7-8-13(14,4)9-10;1-8(2)11(13)14-12(3)7-9-4-5-10(12)6-9;1-3-10(12)13-11(2)7-8-4-5-9(11)6-8/h10-13H,1,4-8H2,2-3H3;2*11H,1,7-9H2,2-6H3;3,9-12H,1,4-8H2,2H3;2*6,10H,1,7-9H2,2-5H3;9-10H,1,4-7H2,2-3H3;3,8-9H,1,4-7H2,2H3. The van der Waals surface area contributed by atoms with Crippen LogP contribution in [-0.4, -0.2) is 92.6 Å². The van der Waals surface area contributed by atoms with Gasteiger partial charge in [-0.25, -0.2) is 38.4 Å². The minimum Gasteiger partial charge on any atom is -0.456 e. The second kappa shape index (κ2) is 35.3. The average molecular weight is 1750 g/mol. The Balaban J connectivity index is 0.000000140. The maximum atomic E-state index is 11.9. The number of hydrogen-bond donors (Lipinski definition) is 0. The van der Waals surface area contributed by atoms with E-state index in [0.29, 0.717) is 69.6 Å². The monoisotopic (exact) mass is 1750 g/mol. The van der Waals surface area contributed by atoms with Crippen LogP contribution in [0.2, 0.25) is 0 Å². The van der Waals surface area contributed by atoms with Crippen LogP contribution in [0.15, 0.2) is 99.2 Å². The number of esters is 8. The summed E-state index contributed by atoms with van der Waals surface area (Å²) in [5.74, 6) is 9.93. The molecule has 0 heterocycles. The maximum Gasteiger partial charge on any atom is 0.333 e. The zero-order valence-corrected chi connectivity index (χ0v) is 82.9. The van der Waals surface area contributed by atoms with Gasteiger partial charge in [0.05, 0.1) is 0 Å². The van der Waals surface area contributed by atoms with E-state index in [1.54, 1.807) is 27.7 Å². The minimum atomic E-state index is -0.362. The molecule has 0 aliphatic heterocycles. The fourth-order valence-corrected chi connectivity index (χ4v) is 31.5. The summed E-state index contributed by atoms with van der Waals surface area (Å²) < 4.78 is 45.5. The molecule has 18 saturated carbocycles. The summed E-state index contributed by atoms with van der Waals surface area (Å²) in [4.78, 5) is 92.4. The lowest BCUT2D eigenvalue weighted by atomic mass is 9.61. The Kier molecular flexibility index (Phi) is 28.1. The summed E-state index contributed by atoms with van der Waals surface area (Å²) in [6, 6.07) is 0. The van der Waals surface area contributed by atoms with E-state index in [2.05, 4.69) is 191 Å². The van der Waals surface area contributed by atoms with Crippen LogP contribution < -0.4 is 0 Å². The van der Waals surface area contributed by atoms with Crippen molar-refractivity contribution in [2.45, 2.75) is 404 Å². The van der Waals surface area contributed by atoms with E-state index < -0.39 is 0 Å². The van der Waals surface area contributed by atoms with Gasteiger partial charge in [-0.05, 0) is 357 Å². The number of carbonyl (C=O) groups excluding carboxylic acids is 8. The van der Waals surface area contributed by atoms with Gasteiger partial charge in [0.1, 0.15) is 44.8 Å². The van der Waals surface area contributed by atoms with Gasteiger partial charge >= 0.3 is 47.8 Å². The van der Waals surface area contributed by atoms with Crippen molar-refractivity contribution in [3.63, 3.8) is 0 Å². The molecule has 28 unspecified atom stereocenters. The molecule has 18 rings (SSSR count). The molecule has 0 aromatic carbocycles. The summed E-state index contributed by atoms with van der Waals surface area (Å²) in [5, 5.41) is 0. The third kappa shape index (κ3) is 17.4. The van der Waals surface area contributed by atoms with Crippen LogP contribution in [0.3, 0.4) is 0 Å². The molecule has 0 N–H and O–H groups in total. The van der Waals surface area contributed by atoms with Crippen LogP contribution in [-0.2, 0) is 76.3 Å². The van der Waals surface area contributed by atoms with Crippen molar-refractivity contribution in [1.29, 1.82) is 0 Å². The zero-order valence-electron chi connectivity index (χ0n) is 82.9. The van der Waals surface area contributed by atoms with E-state index in [-0.39, 0.29) is 136 Å². The summed E-state index contributed by atoms with van der Waals surface area (Å²) in [7, 11) is 0. The van der Waals surface area contributed by atoms with Crippen LogP contribution in [0.25, 0.3) is 0 Å². The second-order valence-electron chi connectivity index (χ2n) is 48.7. The summed E-state index contributed by atoms with van der Waals surface area (Å²) in [6.07, 6.45) is 41.9. The molecule has 0 aromatic heterocycles. The van der Waals surface area contributed by atoms with Gasteiger partial charge in [0, 0.05) is 90.9 Å². The Labute approximate surface area is 760 Å². The number of carbonyl (C=O) groups is 8. The highest BCUT2D eigenvalue weighted by Crippen LogP contribution is 2.75. The lowest BCUT2D eigenvalue weighted by Crippen LogP contribution is -2.54. The smallest absolute Gasteiger partial charge is 0.333 e. The van der Waals surface area contributed by atoms with Gasteiger partial charge in [-0.1, -0.05) is 149 Å². The maximum absolute atomic E-state index is 11.9. The van der Waals surface area contributed by atoms with Gasteiger partial charge < -0.3 is 37.9 Å². The van der Waals surface area contributed by atoms with E-state index in [1.807, 2.05) is 0 Å². The van der Waals surface area contributed by atoms with Gasteiger partial charge in [-0.3, -0.25) is 0 Å². The number of ether oxygens (including phenoxy) is 8. The molecule has 18 fully saturated rings. The predicted molar refractivity (Wildman–Crippen MR) is 498 cm³/mol. The summed E-state index contributed by atoms with van der Waals surface area (Å²) >= 11 is 0. The lowest BCUT2D eigenvalue weighted by molar-refractivity contribution is -0.189. The Morgan fingerprint density at radius 2 is 0.579 bits per heavy atom. The zero-order chi connectivity index (χ0) is 93.9. The van der Waals surface area contributed by atoms with Crippen molar-refractivity contribution in [1.82, 2.24) is 0 Å². The average Bonchev–Trinajstić information content (AvgIpc) is 1.54. The van der Waals surface area contributed by atoms with E-state index in [0.717, 1.165) is 98.7 Å². The Hall–Kier alpha value is -6.32. The van der Waals surface area contributed by atoms with Gasteiger partial charge in [0.2, 0.25) is 0 Å². The van der Waals surface area contributed by atoms with Gasteiger partial charge in [-0.2, -0.15) is 0 Å². The highest BCUT2D eigenvalue weighted by Gasteiger charge is 2.73. The van der Waals surface area contributed by atoms with E-state index >= 15 is 0 Å². The molecular weight excluding hydrogens is 1580 g/mol. The highest BCUT2D eigenvalue weighted by molar-refractivity contribution is 5.89. The molecule has 0 radical (unpaired) electrons. The Morgan fingerprint density at radius 1 is 0.278 bits per heavy atom. The molecule has 0 spiro atoms. The molecular formula is C110H168O16. The molecule has 16 heteroatoms. The first-order chi connectivity index (χ1) is 58.1. The topological polar surface area (TPSA) is 210 Å². The van der Waals surface area contributed by atoms with E-state index in [9.17, 15) is 38.4 Å². The molecule has 0 aromatic rings. The van der Waals surface area contributed by atoms with Crippen LogP contribution in [0, 0.1) is 138 Å². The van der Waals surface area contributed by atoms with E-state index in [4.69, 9.17) is 37.9 Å². The normalized spacial score (nSPS) is 44.1. The fourth-order valence-electron chi connectivity index (χ4n) is 31.5. The molecule has 18 aliphatic rings. The van der Waals surface area contributed by atoms with Crippen molar-refractivity contribution < 1.29 is 76.3 Å². The number of fused-ring (bicyclic) bond motifs is 22. The van der Waals surface area contributed by atoms with Crippen molar-refractivity contribution in [3.8, 4) is 0 Å². The number of rotatable bonds is 16. The highest BCUT2D eigenvalue weighted by atomic mass is 16.6. The molecule has 16 nitrogen and oxygen atoms in total. The van der Waals surface area contributed by atoms with Gasteiger partial charge in [-0.15, -0.1) is 0 Å². The van der Waals surface area contributed by atoms with Crippen molar-refractivity contribution >= 4 is 47.8 Å². The van der Waals surface area contributed by atoms with Crippen LogP contribution in [0.1, 0.15) is 359 Å². The van der Waals surface area contributed by atoms with Gasteiger partial charge in [0.25, 0.3) is 0 Å². The first-order valence-corrected chi connectivity index (χ1v) is 49.1. The largest absolute Gasteiger partial charge is 0.456 e. The minimum absolute atomic E-state index is 0.0606. The second-order valence-corrected chi connectivity index (χ2v) is 48.7. The molecule has 18 aliphatic carbocycles. The third-order valence-corrected chi connectivity index (χ3v) is 41.1. The first kappa shape index (κ1) is 100. The van der Waals surface area contributed by atoms with Crippen molar-refractivity contribution in [2.75, 3.05) is 0 Å². The SMILES string of the molecule is C=C(C)C(=O)OC1(C)C2(C)CCC(C2)C1(C)C.C=C(C)C(=O)OC1(C)CC2CC1C1CCCC21.C=C(C)C(=O)OC1(C)CC2CCC1(C)C2(C)C.C=C(C)C(=O)OC1(C)CC2CCC1C2.C=CC(=O)OC1(C)C2(C)CCC(C2)C1(C)C.C=CC(=O)OC1(C)CC2CC1C1CCCC21.C=CC(=O)OC1(C)CC2CCC1(C)C2(C)C.C=CC(=O)OC1(C)CC2CCC1C2. The van der Waals surface area contributed by atoms with Crippen molar-refractivity contribution in [2.24, 2.45) is 138 Å². The first-order valence-electron chi connectivity index (χ1n) is 49.1. The number of hydrogen-bond acceptors (Lipinski definition) is 16. The molecule has 126 heavy (non-hydrogen) atoms. The molecule has 704 valence electrons. The van der Waals surface area contributed by atoms with E-state index in [1.165, 1.54) is 166 Å². The molecule has 16 bridgehead atoms. The summed E-state index contributed by atoms with van der Waals surface area (Å²) in [6.45, 7) is 79.6. The Morgan fingerprint density at radius 3 is 0.905 bits per heavy atom. The predicted octanol–water partition coefficient (Wildman–Crippen LogP) is 25.3. The van der Waals surface area contributed by atoms with Crippen LogP contribution in [0.4, 0.5) is 0 Å². The van der Waals surface area contributed by atoms with Crippen LogP contribution in [0.5, 0.6) is 0 Å². The van der Waals surface area contributed by atoms with Crippen molar-refractivity contribution in [3.05, 3.63) is 99.2 Å². The quantitative estimate of drug-likeness (QED) is 0.0799. The summed E-state index contributed by atoms with van der Waals surface area (Å²) in [5.41, 5.74) is 1.01. The van der Waals surface area contributed by atoms with Crippen LogP contribution >= 0.6 is 0 Å². The molecule has 0 amide bonds. The lowest BCUT2D eigenvalue weighted by Gasteiger charge is -2.51. The fraction of sp³-hybridized carbons (Fsp3) is 0.782. The van der Waals surface area contributed by atoms with Gasteiger partial charge in [0.15, 0.2) is 0 Å². The molecule has 28 atom stereocenters.